The Kier molecular flexibility index (Phi) is 2.70. The highest BCUT2D eigenvalue weighted by Crippen LogP contribution is 2.24. The fourth-order valence-electron chi connectivity index (χ4n) is 1.42. The highest BCUT2D eigenvalue weighted by Gasteiger charge is 2.17. The van der Waals surface area contributed by atoms with Crippen molar-refractivity contribution in [2.45, 2.75) is 26.2 Å². The SMILES string of the molecule is [CH2]C(CC(N)=O)c1c(C)noc1C. The third-order valence-electron chi connectivity index (χ3n) is 1.94. The van der Waals surface area contributed by atoms with Gasteiger partial charge in [0.2, 0.25) is 5.91 Å². The molecule has 0 saturated heterocycles. The van der Waals surface area contributed by atoms with Gasteiger partial charge in [-0.2, -0.15) is 0 Å². The van der Waals surface area contributed by atoms with Crippen LogP contribution >= 0.6 is 0 Å². The second kappa shape index (κ2) is 3.60. The van der Waals surface area contributed by atoms with E-state index in [0.717, 1.165) is 11.3 Å². The minimum Gasteiger partial charge on any atom is -0.370 e. The minimum absolute atomic E-state index is 0.163. The van der Waals surface area contributed by atoms with Gasteiger partial charge < -0.3 is 10.3 Å². The van der Waals surface area contributed by atoms with Crippen LogP contribution in [0.3, 0.4) is 0 Å². The summed E-state index contributed by atoms with van der Waals surface area (Å²) >= 11 is 0. The topological polar surface area (TPSA) is 69.1 Å². The number of nitrogens with zero attached hydrogens (tertiary/aromatic N) is 1. The van der Waals surface area contributed by atoms with Gasteiger partial charge in [-0.1, -0.05) is 5.16 Å². The van der Waals surface area contributed by atoms with Crippen LogP contribution < -0.4 is 5.73 Å². The molecule has 0 aromatic carbocycles. The molecule has 4 nitrogen and oxygen atoms in total. The molecule has 2 N–H and O–H groups in total. The minimum atomic E-state index is -0.361. The lowest BCUT2D eigenvalue weighted by Gasteiger charge is -2.07. The Hall–Kier alpha value is -1.32. The first-order chi connectivity index (χ1) is 6.02. The van der Waals surface area contributed by atoms with Gasteiger partial charge >= 0.3 is 0 Å². The molecule has 1 amide bonds. The number of rotatable bonds is 3. The first-order valence-electron chi connectivity index (χ1n) is 4.06. The Morgan fingerprint density at radius 3 is 2.69 bits per heavy atom. The third-order valence-corrected chi connectivity index (χ3v) is 1.94. The van der Waals surface area contributed by atoms with Crippen molar-refractivity contribution in [2.75, 3.05) is 0 Å². The van der Waals surface area contributed by atoms with Gasteiger partial charge in [-0.05, 0) is 26.7 Å². The summed E-state index contributed by atoms with van der Waals surface area (Å²) in [5.74, 6) is 0.183. The van der Waals surface area contributed by atoms with Crippen LogP contribution in [0.4, 0.5) is 0 Å². The molecule has 0 spiro atoms. The second-order valence-electron chi connectivity index (χ2n) is 3.11. The lowest BCUT2D eigenvalue weighted by Crippen LogP contribution is -2.14. The smallest absolute Gasteiger partial charge is 0.218 e. The standard InChI is InChI=1S/C9H13N2O2/c1-5(4-8(10)12)9-6(2)11-13-7(9)3/h5H,1,4H2,2-3H3,(H2,10,12). The normalized spacial score (nSPS) is 12.8. The molecule has 0 saturated carbocycles. The summed E-state index contributed by atoms with van der Waals surface area (Å²) in [5.41, 5.74) is 6.73. The van der Waals surface area contributed by atoms with E-state index in [1.54, 1.807) is 6.92 Å². The molecule has 0 fully saturated rings. The van der Waals surface area contributed by atoms with Crippen molar-refractivity contribution in [3.63, 3.8) is 0 Å². The van der Waals surface area contributed by atoms with Gasteiger partial charge in [-0.15, -0.1) is 0 Å². The molecule has 4 heteroatoms. The molecular weight excluding hydrogens is 168 g/mol. The predicted octanol–water partition coefficient (Wildman–Crippen LogP) is 1.08. The van der Waals surface area contributed by atoms with Gasteiger partial charge in [0.15, 0.2) is 0 Å². The first-order valence-corrected chi connectivity index (χ1v) is 4.06. The zero-order chi connectivity index (χ0) is 10.0. The van der Waals surface area contributed by atoms with Crippen LogP contribution in [-0.2, 0) is 4.79 Å². The molecule has 0 aliphatic heterocycles. The van der Waals surface area contributed by atoms with Crippen molar-refractivity contribution in [1.29, 1.82) is 0 Å². The van der Waals surface area contributed by atoms with Gasteiger partial charge in [0.1, 0.15) is 5.76 Å². The summed E-state index contributed by atoms with van der Waals surface area (Å²) < 4.78 is 4.96. The molecule has 1 radical (unpaired) electrons. The fraction of sp³-hybridized carbons (Fsp3) is 0.444. The predicted molar refractivity (Wildman–Crippen MR) is 47.9 cm³/mol. The Morgan fingerprint density at radius 1 is 1.69 bits per heavy atom. The van der Waals surface area contributed by atoms with Crippen molar-refractivity contribution in [2.24, 2.45) is 5.73 Å². The van der Waals surface area contributed by atoms with Crippen molar-refractivity contribution < 1.29 is 9.32 Å². The number of hydrogen-bond acceptors (Lipinski definition) is 3. The number of hydrogen-bond donors (Lipinski definition) is 1. The molecule has 1 heterocycles. The van der Waals surface area contributed by atoms with Crippen molar-refractivity contribution in [1.82, 2.24) is 5.16 Å². The highest BCUT2D eigenvalue weighted by atomic mass is 16.5. The molecule has 1 aromatic rings. The van der Waals surface area contributed by atoms with Crippen LogP contribution in [-0.4, -0.2) is 11.1 Å². The zero-order valence-corrected chi connectivity index (χ0v) is 7.83. The maximum Gasteiger partial charge on any atom is 0.218 e. The molecule has 0 aliphatic rings. The monoisotopic (exact) mass is 181 g/mol. The number of carbonyl (C=O) groups is 1. The fourth-order valence-corrected chi connectivity index (χ4v) is 1.42. The Labute approximate surface area is 77.1 Å². The number of primary amides is 1. The van der Waals surface area contributed by atoms with Gasteiger partial charge in [-0.3, -0.25) is 4.79 Å². The summed E-state index contributed by atoms with van der Waals surface area (Å²) in [5, 5.41) is 3.78. The van der Waals surface area contributed by atoms with Crippen molar-refractivity contribution in [3.05, 3.63) is 23.9 Å². The number of aryl methyl sites for hydroxylation is 2. The van der Waals surface area contributed by atoms with Crippen LogP contribution in [0.25, 0.3) is 0 Å². The van der Waals surface area contributed by atoms with E-state index in [2.05, 4.69) is 12.1 Å². The molecule has 1 aromatic heterocycles. The van der Waals surface area contributed by atoms with E-state index in [-0.39, 0.29) is 18.2 Å². The largest absolute Gasteiger partial charge is 0.370 e. The maximum atomic E-state index is 10.7. The molecule has 1 atom stereocenters. The number of carbonyl (C=O) groups excluding carboxylic acids is 1. The van der Waals surface area contributed by atoms with E-state index in [0.29, 0.717) is 5.76 Å². The lowest BCUT2D eigenvalue weighted by molar-refractivity contribution is -0.118. The number of aromatic nitrogens is 1. The summed E-state index contributed by atoms with van der Waals surface area (Å²) in [6, 6.07) is 0. The summed E-state index contributed by atoms with van der Waals surface area (Å²) in [7, 11) is 0. The van der Waals surface area contributed by atoms with E-state index in [1.807, 2.05) is 6.92 Å². The van der Waals surface area contributed by atoms with Crippen LogP contribution in [0, 0.1) is 20.8 Å². The quantitative estimate of drug-likeness (QED) is 0.758. The molecule has 71 valence electrons. The van der Waals surface area contributed by atoms with E-state index < -0.39 is 0 Å². The van der Waals surface area contributed by atoms with E-state index >= 15 is 0 Å². The number of amides is 1. The average Bonchev–Trinajstić information content (AvgIpc) is 2.29. The van der Waals surface area contributed by atoms with Crippen molar-refractivity contribution >= 4 is 5.91 Å². The van der Waals surface area contributed by atoms with E-state index in [1.165, 1.54) is 0 Å². The highest BCUT2D eigenvalue weighted by molar-refractivity contribution is 5.75. The van der Waals surface area contributed by atoms with Gasteiger partial charge in [-0.25, -0.2) is 0 Å². The summed E-state index contributed by atoms with van der Waals surface area (Å²) in [6.07, 6.45) is 0.225. The molecule has 1 unspecified atom stereocenters. The first kappa shape index (κ1) is 9.77. The van der Waals surface area contributed by atoms with Crippen LogP contribution in [0.15, 0.2) is 4.52 Å². The Morgan fingerprint density at radius 2 is 2.31 bits per heavy atom. The van der Waals surface area contributed by atoms with E-state index in [9.17, 15) is 4.79 Å². The number of nitrogens with two attached hydrogens (primary N) is 1. The Balaban J connectivity index is 2.87. The zero-order valence-electron chi connectivity index (χ0n) is 7.83. The van der Waals surface area contributed by atoms with E-state index in [4.69, 9.17) is 10.3 Å². The Bertz CT molecular complexity index is 298. The molecule has 1 rings (SSSR count). The van der Waals surface area contributed by atoms with Crippen molar-refractivity contribution in [3.8, 4) is 0 Å². The second-order valence-corrected chi connectivity index (χ2v) is 3.11. The van der Waals surface area contributed by atoms with Crippen LogP contribution in [0.5, 0.6) is 0 Å². The van der Waals surface area contributed by atoms with Gasteiger partial charge in [0.25, 0.3) is 0 Å². The third kappa shape index (κ3) is 2.08. The molecular formula is C9H13N2O2. The van der Waals surface area contributed by atoms with Crippen LogP contribution in [0.1, 0.15) is 29.4 Å². The van der Waals surface area contributed by atoms with Gasteiger partial charge in [0.05, 0.1) is 5.69 Å². The summed E-state index contributed by atoms with van der Waals surface area (Å²) in [6.45, 7) is 7.47. The maximum absolute atomic E-state index is 10.7. The lowest BCUT2D eigenvalue weighted by atomic mass is 9.96. The molecule has 13 heavy (non-hydrogen) atoms. The molecule has 0 bridgehead atoms. The average molecular weight is 181 g/mol. The molecule has 0 aliphatic carbocycles. The van der Waals surface area contributed by atoms with Gasteiger partial charge in [0, 0.05) is 12.0 Å². The van der Waals surface area contributed by atoms with Crippen LogP contribution in [0.2, 0.25) is 0 Å². The summed E-state index contributed by atoms with van der Waals surface area (Å²) in [4.78, 5) is 10.7.